The summed E-state index contributed by atoms with van der Waals surface area (Å²) in [5.41, 5.74) is 0.702. The van der Waals surface area contributed by atoms with Crippen molar-refractivity contribution >= 4 is 40.6 Å². The van der Waals surface area contributed by atoms with Gasteiger partial charge in [-0.2, -0.15) is 8.78 Å². The zero-order valence-corrected chi connectivity index (χ0v) is 16.1. The number of nitrogens with one attached hydrogen (secondary N) is 1. The summed E-state index contributed by atoms with van der Waals surface area (Å²) in [5, 5.41) is 4.88. The van der Waals surface area contributed by atoms with Gasteiger partial charge in [-0.1, -0.05) is 17.8 Å². The highest BCUT2D eigenvalue weighted by Crippen LogP contribution is 2.26. The summed E-state index contributed by atoms with van der Waals surface area (Å²) in [6, 6.07) is 10.2. The molecule has 0 atom stereocenters. The summed E-state index contributed by atoms with van der Waals surface area (Å²) < 4.78 is 24.6. The van der Waals surface area contributed by atoms with E-state index in [0.29, 0.717) is 53.4 Å². The van der Waals surface area contributed by atoms with E-state index >= 15 is 0 Å². The summed E-state index contributed by atoms with van der Waals surface area (Å²) >= 11 is 1.90. The monoisotopic (exact) mass is 411 g/mol. The number of hydrogen-bond acceptors (Lipinski definition) is 5. The number of rotatable bonds is 6. The lowest BCUT2D eigenvalue weighted by Gasteiger charge is -2.34. The van der Waals surface area contributed by atoms with Crippen LogP contribution in [0.1, 0.15) is 9.67 Å². The number of thiophene rings is 1. The Morgan fingerprint density at radius 3 is 2.33 bits per heavy atom. The minimum absolute atomic E-state index is 0.0111. The predicted molar refractivity (Wildman–Crippen MR) is 104 cm³/mol. The average Bonchev–Trinajstić information content (AvgIpc) is 3.21. The SMILES string of the molecule is O=C(CNc1ccc(SC(F)F)cc1)N1CCN(C(=O)c2cccs2)CC1. The van der Waals surface area contributed by atoms with Crippen LogP contribution in [0.5, 0.6) is 0 Å². The van der Waals surface area contributed by atoms with Gasteiger partial charge in [-0.25, -0.2) is 0 Å². The number of piperazine rings is 1. The number of halogens is 2. The molecule has 1 N–H and O–H groups in total. The van der Waals surface area contributed by atoms with Gasteiger partial charge in [-0.3, -0.25) is 9.59 Å². The third-order valence-corrected chi connectivity index (χ3v) is 5.76. The molecule has 1 aromatic carbocycles. The summed E-state index contributed by atoms with van der Waals surface area (Å²) in [4.78, 5) is 29.3. The van der Waals surface area contributed by atoms with Gasteiger partial charge in [0.15, 0.2) is 0 Å². The van der Waals surface area contributed by atoms with Gasteiger partial charge in [0.2, 0.25) is 5.91 Å². The zero-order valence-electron chi connectivity index (χ0n) is 14.4. The Labute approximate surface area is 164 Å². The van der Waals surface area contributed by atoms with Crippen LogP contribution in [0.2, 0.25) is 0 Å². The van der Waals surface area contributed by atoms with Crippen LogP contribution < -0.4 is 5.32 Å². The molecule has 1 aliphatic rings. The molecule has 1 aromatic heterocycles. The lowest BCUT2D eigenvalue weighted by Crippen LogP contribution is -2.51. The van der Waals surface area contributed by atoms with Crippen LogP contribution >= 0.6 is 23.1 Å². The van der Waals surface area contributed by atoms with Crippen molar-refractivity contribution in [3.8, 4) is 0 Å². The molecule has 5 nitrogen and oxygen atoms in total. The molecule has 144 valence electrons. The first-order valence-electron chi connectivity index (χ1n) is 8.42. The third kappa shape index (κ3) is 5.43. The van der Waals surface area contributed by atoms with Crippen LogP contribution in [0.25, 0.3) is 0 Å². The van der Waals surface area contributed by atoms with Gasteiger partial charge in [-0.15, -0.1) is 11.3 Å². The first-order chi connectivity index (χ1) is 13.0. The van der Waals surface area contributed by atoms with Gasteiger partial charge in [0.05, 0.1) is 11.4 Å². The number of carbonyl (C=O) groups excluding carboxylic acids is 2. The highest BCUT2D eigenvalue weighted by Gasteiger charge is 2.25. The van der Waals surface area contributed by atoms with Gasteiger partial charge in [0, 0.05) is 36.8 Å². The van der Waals surface area contributed by atoms with E-state index < -0.39 is 5.76 Å². The van der Waals surface area contributed by atoms with Crippen molar-refractivity contribution in [2.24, 2.45) is 0 Å². The molecule has 9 heteroatoms. The number of alkyl halides is 2. The van der Waals surface area contributed by atoms with E-state index in [1.807, 2.05) is 11.4 Å². The Morgan fingerprint density at radius 1 is 1.07 bits per heavy atom. The summed E-state index contributed by atoms with van der Waals surface area (Å²) in [6.07, 6.45) is 0. The standard InChI is InChI=1S/C18H19F2N3O2S2/c19-18(20)27-14-5-3-13(4-6-14)21-12-16(24)22-7-9-23(10-8-22)17(25)15-2-1-11-26-15/h1-6,11,18,21H,7-10,12H2. The average molecular weight is 411 g/mol. The van der Waals surface area contributed by atoms with Gasteiger partial charge < -0.3 is 15.1 Å². The fourth-order valence-electron chi connectivity index (χ4n) is 2.76. The minimum Gasteiger partial charge on any atom is -0.376 e. The quantitative estimate of drug-likeness (QED) is 0.740. The summed E-state index contributed by atoms with van der Waals surface area (Å²) in [6.45, 7) is 2.16. The first-order valence-corrected chi connectivity index (χ1v) is 10.2. The lowest BCUT2D eigenvalue weighted by atomic mass is 10.2. The Kier molecular flexibility index (Phi) is 6.68. The molecular formula is C18H19F2N3O2S2. The maximum absolute atomic E-state index is 12.3. The van der Waals surface area contributed by atoms with E-state index in [0.717, 1.165) is 0 Å². The molecule has 3 rings (SSSR count). The van der Waals surface area contributed by atoms with Crippen LogP contribution in [0, 0.1) is 0 Å². The first kappa shape index (κ1) is 19.6. The molecule has 0 saturated carbocycles. The van der Waals surface area contributed by atoms with E-state index in [-0.39, 0.29) is 18.4 Å². The highest BCUT2D eigenvalue weighted by molar-refractivity contribution is 7.99. The molecule has 0 aliphatic carbocycles. The topological polar surface area (TPSA) is 52.7 Å². The van der Waals surface area contributed by atoms with E-state index in [4.69, 9.17) is 0 Å². The molecule has 0 radical (unpaired) electrons. The largest absolute Gasteiger partial charge is 0.376 e. The van der Waals surface area contributed by atoms with Crippen molar-refractivity contribution in [1.29, 1.82) is 0 Å². The fourth-order valence-corrected chi connectivity index (χ4v) is 3.95. The van der Waals surface area contributed by atoms with Crippen LogP contribution in [0.3, 0.4) is 0 Å². The number of thioether (sulfide) groups is 1. The Hall–Kier alpha value is -2.13. The van der Waals surface area contributed by atoms with Crippen molar-refractivity contribution < 1.29 is 18.4 Å². The smallest absolute Gasteiger partial charge is 0.288 e. The van der Waals surface area contributed by atoms with Crippen LogP contribution in [-0.2, 0) is 4.79 Å². The van der Waals surface area contributed by atoms with Gasteiger partial charge in [0.1, 0.15) is 0 Å². The lowest BCUT2D eigenvalue weighted by molar-refractivity contribution is -0.130. The van der Waals surface area contributed by atoms with E-state index in [9.17, 15) is 18.4 Å². The van der Waals surface area contributed by atoms with Crippen LogP contribution in [-0.4, -0.2) is 60.1 Å². The van der Waals surface area contributed by atoms with Gasteiger partial charge in [-0.05, 0) is 35.7 Å². The minimum atomic E-state index is -2.45. The van der Waals surface area contributed by atoms with Crippen LogP contribution in [0.4, 0.5) is 14.5 Å². The van der Waals surface area contributed by atoms with Crippen LogP contribution in [0.15, 0.2) is 46.7 Å². The number of amides is 2. The molecule has 0 unspecified atom stereocenters. The number of benzene rings is 1. The van der Waals surface area contributed by atoms with Gasteiger partial charge in [0.25, 0.3) is 11.7 Å². The van der Waals surface area contributed by atoms with Gasteiger partial charge >= 0.3 is 0 Å². The Morgan fingerprint density at radius 2 is 1.74 bits per heavy atom. The Balaban J connectivity index is 1.43. The molecule has 1 aliphatic heterocycles. The maximum Gasteiger partial charge on any atom is 0.288 e. The second kappa shape index (κ2) is 9.18. The molecular weight excluding hydrogens is 392 g/mol. The molecule has 0 bridgehead atoms. The van der Waals surface area contributed by atoms with Crippen molar-refractivity contribution in [2.45, 2.75) is 10.7 Å². The van der Waals surface area contributed by atoms with E-state index in [1.54, 1.807) is 40.1 Å². The molecule has 2 aromatic rings. The van der Waals surface area contributed by atoms with E-state index in [1.165, 1.54) is 11.3 Å². The molecule has 1 fully saturated rings. The number of hydrogen-bond donors (Lipinski definition) is 1. The normalized spacial score (nSPS) is 14.5. The number of nitrogens with zero attached hydrogens (tertiary/aromatic N) is 2. The number of anilines is 1. The second-order valence-electron chi connectivity index (χ2n) is 5.91. The predicted octanol–water partition coefficient (Wildman–Crippen LogP) is 3.46. The van der Waals surface area contributed by atoms with Crippen molar-refractivity contribution in [3.63, 3.8) is 0 Å². The Bertz CT molecular complexity index is 761. The summed E-state index contributed by atoms with van der Waals surface area (Å²) in [5.74, 6) is -2.49. The summed E-state index contributed by atoms with van der Waals surface area (Å²) in [7, 11) is 0. The number of carbonyl (C=O) groups is 2. The van der Waals surface area contributed by atoms with Crippen molar-refractivity contribution in [1.82, 2.24) is 9.80 Å². The molecule has 2 heterocycles. The van der Waals surface area contributed by atoms with E-state index in [2.05, 4.69) is 5.32 Å². The van der Waals surface area contributed by atoms with Crippen molar-refractivity contribution in [3.05, 3.63) is 46.7 Å². The molecule has 0 spiro atoms. The molecule has 27 heavy (non-hydrogen) atoms. The van der Waals surface area contributed by atoms with Crippen molar-refractivity contribution in [2.75, 3.05) is 38.0 Å². The second-order valence-corrected chi connectivity index (χ2v) is 7.92. The molecule has 1 saturated heterocycles. The maximum atomic E-state index is 12.3. The zero-order chi connectivity index (χ0) is 19.2. The molecule has 2 amide bonds. The highest BCUT2D eigenvalue weighted by atomic mass is 32.2. The fraction of sp³-hybridized carbons (Fsp3) is 0.333. The third-order valence-electron chi connectivity index (χ3n) is 4.17.